The molecule has 0 spiro atoms. The van der Waals surface area contributed by atoms with E-state index in [2.05, 4.69) is 38.3 Å². The summed E-state index contributed by atoms with van der Waals surface area (Å²) in [4.78, 5) is 14.6. The minimum absolute atomic E-state index is 0.123. The van der Waals surface area contributed by atoms with Crippen LogP contribution in [0.25, 0.3) is 0 Å². The number of para-hydroxylation sites is 1. The highest BCUT2D eigenvalue weighted by molar-refractivity contribution is 9.10. The van der Waals surface area contributed by atoms with Crippen molar-refractivity contribution in [1.82, 2.24) is 5.32 Å². The van der Waals surface area contributed by atoms with Crippen molar-refractivity contribution in [2.45, 2.75) is 37.8 Å². The molecule has 2 fully saturated rings. The van der Waals surface area contributed by atoms with Gasteiger partial charge in [0.2, 0.25) is 5.91 Å². The normalized spacial score (nSPS) is 28.9. The molecule has 0 unspecified atom stereocenters. The van der Waals surface area contributed by atoms with Crippen molar-refractivity contribution < 1.29 is 4.79 Å². The zero-order valence-electron chi connectivity index (χ0n) is 12.1. The quantitative estimate of drug-likeness (QED) is 0.878. The molecule has 1 heterocycles. The van der Waals surface area contributed by atoms with E-state index in [0.29, 0.717) is 0 Å². The van der Waals surface area contributed by atoms with Gasteiger partial charge in [-0.15, -0.1) is 0 Å². The van der Waals surface area contributed by atoms with Crippen LogP contribution in [0.1, 0.15) is 25.7 Å². The summed E-state index contributed by atoms with van der Waals surface area (Å²) in [6, 6.07) is 8.70. The van der Waals surface area contributed by atoms with Gasteiger partial charge in [0, 0.05) is 35.6 Å². The van der Waals surface area contributed by atoms with E-state index in [1.54, 1.807) is 0 Å². The number of halogens is 1. The standard InChI is InChI=1S/C16H22BrN3O/c17-14-3-1-2-4-15(14)20-8-7-13(10-20)19-16(21)11-5-6-12(18)9-11/h1-4,11-13H,5-10,18H2,(H,19,21)/t11-,12+,13+/m0/s1. The van der Waals surface area contributed by atoms with E-state index in [4.69, 9.17) is 5.73 Å². The number of hydrogen-bond acceptors (Lipinski definition) is 3. The fourth-order valence-corrected chi connectivity index (χ4v) is 3.91. The Morgan fingerprint density at radius 1 is 1.29 bits per heavy atom. The van der Waals surface area contributed by atoms with E-state index in [0.717, 1.165) is 43.2 Å². The lowest BCUT2D eigenvalue weighted by Crippen LogP contribution is -2.40. The SMILES string of the molecule is N[C@@H]1CC[C@H](C(=O)N[C@@H]2CCN(c3ccccc3Br)C2)C1. The van der Waals surface area contributed by atoms with Crippen molar-refractivity contribution in [3.05, 3.63) is 28.7 Å². The monoisotopic (exact) mass is 351 g/mol. The Labute approximate surface area is 134 Å². The molecule has 0 aromatic heterocycles. The van der Waals surface area contributed by atoms with Crippen LogP contribution >= 0.6 is 15.9 Å². The molecule has 1 amide bonds. The topological polar surface area (TPSA) is 58.4 Å². The Morgan fingerprint density at radius 2 is 2.10 bits per heavy atom. The Hall–Kier alpha value is -1.07. The number of hydrogen-bond donors (Lipinski definition) is 2. The Morgan fingerprint density at radius 3 is 2.81 bits per heavy atom. The van der Waals surface area contributed by atoms with Gasteiger partial charge in [-0.25, -0.2) is 0 Å². The molecule has 4 nitrogen and oxygen atoms in total. The number of anilines is 1. The molecule has 21 heavy (non-hydrogen) atoms. The van der Waals surface area contributed by atoms with Crippen LogP contribution in [0.2, 0.25) is 0 Å². The molecule has 114 valence electrons. The third-order valence-corrected chi connectivity index (χ3v) is 5.24. The summed E-state index contributed by atoms with van der Waals surface area (Å²) in [7, 11) is 0. The number of nitrogens with one attached hydrogen (secondary N) is 1. The third kappa shape index (κ3) is 3.40. The van der Waals surface area contributed by atoms with Crippen LogP contribution in [-0.4, -0.2) is 31.1 Å². The van der Waals surface area contributed by atoms with E-state index in [1.165, 1.54) is 5.69 Å². The first-order valence-corrected chi connectivity index (χ1v) is 8.48. The van der Waals surface area contributed by atoms with Crippen molar-refractivity contribution in [1.29, 1.82) is 0 Å². The molecule has 2 aliphatic rings. The first kappa shape index (κ1) is 14.9. The fraction of sp³-hybridized carbons (Fsp3) is 0.562. The van der Waals surface area contributed by atoms with Gasteiger partial charge in [-0.3, -0.25) is 4.79 Å². The number of carbonyl (C=O) groups is 1. The smallest absolute Gasteiger partial charge is 0.223 e. The van der Waals surface area contributed by atoms with Crippen LogP contribution in [0.5, 0.6) is 0 Å². The largest absolute Gasteiger partial charge is 0.368 e. The van der Waals surface area contributed by atoms with Gasteiger partial charge in [-0.2, -0.15) is 0 Å². The van der Waals surface area contributed by atoms with E-state index in [-0.39, 0.29) is 23.9 Å². The van der Waals surface area contributed by atoms with Crippen LogP contribution in [0, 0.1) is 5.92 Å². The minimum Gasteiger partial charge on any atom is -0.368 e. The lowest BCUT2D eigenvalue weighted by molar-refractivity contribution is -0.125. The molecule has 0 bridgehead atoms. The maximum Gasteiger partial charge on any atom is 0.223 e. The van der Waals surface area contributed by atoms with Crippen molar-refractivity contribution in [2.75, 3.05) is 18.0 Å². The predicted octanol–water partition coefficient (Wildman–Crippen LogP) is 2.27. The van der Waals surface area contributed by atoms with Gasteiger partial charge in [0.05, 0.1) is 5.69 Å². The van der Waals surface area contributed by atoms with Crippen LogP contribution in [-0.2, 0) is 4.79 Å². The predicted molar refractivity (Wildman–Crippen MR) is 88.2 cm³/mol. The highest BCUT2D eigenvalue weighted by Gasteiger charge is 2.31. The van der Waals surface area contributed by atoms with Gasteiger partial charge < -0.3 is 16.0 Å². The second kappa shape index (κ2) is 6.36. The Bertz CT molecular complexity index is 522. The first-order valence-electron chi connectivity index (χ1n) is 7.69. The highest BCUT2D eigenvalue weighted by atomic mass is 79.9. The highest BCUT2D eigenvalue weighted by Crippen LogP contribution is 2.29. The summed E-state index contributed by atoms with van der Waals surface area (Å²) in [5.41, 5.74) is 7.10. The summed E-state index contributed by atoms with van der Waals surface area (Å²) in [6.07, 6.45) is 3.76. The van der Waals surface area contributed by atoms with Gasteiger partial charge in [-0.1, -0.05) is 12.1 Å². The van der Waals surface area contributed by atoms with E-state index in [1.807, 2.05) is 12.1 Å². The van der Waals surface area contributed by atoms with Gasteiger partial charge in [0.15, 0.2) is 0 Å². The molecule has 0 radical (unpaired) electrons. The molecular formula is C16H22BrN3O. The maximum absolute atomic E-state index is 12.3. The molecule has 1 aliphatic heterocycles. The number of amides is 1. The summed E-state index contributed by atoms with van der Waals surface area (Å²) in [6.45, 7) is 1.87. The fourth-order valence-electron chi connectivity index (χ4n) is 3.38. The average molecular weight is 352 g/mol. The molecule has 3 rings (SSSR count). The minimum atomic E-state index is 0.123. The summed E-state index contributed by atoms with van der Waals surface area (Å²) in [5, 5.41) is 3.21. The molecule has 5 heteroatoms. The van der Waals surface area contributed by atoms with Gasteiger partial charge >= 0.3 is 0 Å². The van der Waals surface area contributed by atoms with Crippen LogP contribution < -0.4 is 16.0 Å². The molecule has 3 N–H and O–H groups in total. The Kier molecular flexibility index (Phi) is 4.50. The van der Waals surface area contributed by atoms with Gasteiger partial charge in [0.25, 0.3) is 0 Å². The number of carbonyl (C=O) groups excluding carboxylic acids is 1. The molecule has 1 saturated carbocycles. The first-order chi connectivity index (χ1) is 10.1. The van der Waals surface area contributed by atoms with Gasteiger partial charge in [-0.05, 0) is 53.7 Å². The number of rotatable bonds is 3. The summed E-state index contributed by atoms with van der Waals surface area (Å²) >= 11 is 3.59. The van der Waals surface area contributed by atoms with E-state index in [9.17, 15) is 4.79 Å². The summed E-state index contributed by atoms with van der Waals surface area (Å²) in [5.74, 6) is 0.319. The van der Waals surface area contributed by atoms with Crippen molar-refractivity contribution in [2.24, 2.45) is 11.7 Å². The lowest BCUT2D eigenvalue weighted by Gasteiger charge is -2.21. The maximum atomic E-state index is 12.3. The second-order valence-corrected chi connectivity index (χ2v) is 7.02. The zero-order valence-corrected chi connectivity index (χ0v) is 13.7. The van der Waals surface area contributed by atoms with Gasteiger partial charge in [0.1, 0.15) is 0 Å². The summed E-state index contributed by atoms with van der Waals surface area (Å²) < 4.78 is 1.11. The second-order valence-electron chi connectivity index (χ2n) is 6.16. The van der Waals surface area contributed by atoms with E-state index >= 15 is 0 Å². The molecule has 1 aromatic carbocycles. The van der Waals surface area contributed by atoms with Crippen molar-refractivity contribution in [3.63, 3.8) is 0 Å². The number of nitrogens with two attached hydrogens (primary N) is 1. The number of nitrogens with zero attached hydrogens (tertiary/aromatic N) is 1. The third-order valence-electron chi connectivity index (χ3n) is 4.57. The molecule has 1 saturated heterocycles. The lowest BCUT2D eigenvalue weighted by atomic mass is 10.1. The molecular weight excluding hydrogens is 330 g/mol. The van der Waals surface area contributed by atoms with E-state index < -0.39 is 0 Å². The molecule has 1 aliphatic carbocycles. The van der Waals surface area contributed by atoms with Crippen molar-refractivity contribution in [3.8, 4) is 0 Å². The number of benzene rings is 1. The van der Waals surface area contributed by atoms with Crippen LogP contribution in [0.4, 0.5) is 5.69 Å². The molecule has 3 atom stereocenters. The average Bonchev–Trinajstić information content (AvgIpc) is 3.08. The Balaban J connectivity index is 1.55. The van der Waals surface area contributed by atoms with Crippen molar-refractivity contribution >= 4 is 27.5 Å². The molecule has 1 aromatic rings. The zero-order chi connectivity index (χ0) is 14.8. The van der Waals surface area contributed by atoms with Crippen LogP contribution in [0.3, 0.4) is 0 Å². The van der Waals surface area contributed by atoms with Crippen LogP contribution in [0.15, 0.2) is 28.7 Å².